The highest BCUT2D eigenvalue weighted by Crippen LogP contribution is 2.23. The number of nitrogens with one attached hydrogen (secondary N) is 1. The summed E-state index contributed by atoms with van der Waals surface area (Å²) in [4.78, 5) is 34.1. The molecule has 0 aliphatic carbocycles. The highest BCUT2D eigenvalue weighted by atomic mass is 16.2. The van der Waals surface area contributed by atoms with Crippen LogP contribution in [-0.4, -0.2) is 54.0 Å². The number of amides is 2. The van der Waals surface area contributed by atoms with E-state index in [1.54, 1.807) is 11.9 Å². The average molecular weight is 398 g/mol. The third kappa shape index (κ3) is 4.60. The third-order valence-corrected chi connectivity index (χ3v) is 5.36. The number of carbonyl (C=O) groups excluding carboxylic acids is 2. The van der Waals surface area contributed by atoms with Gasteiger partial charge in [0, 0.05) is 45.6 Å². The Morgan fingerprint density at radius 1 is 1.14 bits per heavy atom. The molecule has 0 unspecified atom stereocenters. The van der Waals surface area contributed by atoms with Gasteiger partial charge in [0.15, 0.2) is 5.82 Å². The maximum absolute atomic E-state index is 13.0. The van der Waals surface area contributed by atoms with Crippen molar-refractivity contribution in [1.82, 2.24) is 14.5 Å². The molecule has 0 atom stereocenters. The van der Waals surface area contributed by atoms with Crippen LogP contribution in [0, 0.1) is 0 Å². The van der Waals surface area contributed by atoms with Crippen LogP contribution in [0.25, 0.3) is 0 Å². The summed E-state index contributed by atoms with van der Waals surface area (Å²) in [5.41, 5.74) is 3.08. The van der Waals surface area contributed by atoms with Crippen LogP contribution < -0.4 is 10.2 Å². The fraction of sp³-hybridized carbons (Fsp3) is 0.500. The number of benzene rings is 1. The van der Waals surface area contributed by atoms with Crippen molar-refractivity contribution in [3.8, 4) is 0 Å². The van der Waals surface area contributed by atoms with Crippen LogP contribution in [0.4, 0.5) is 11.4 Å². The van der Waals surface area contributed by atoms with Gasteiger partial charge in [-0.15, -0.1) is 0 Å². The zero-order valence-corrected chi connectivity index (χ0v) is 17.9. The molecule has 0 bridgehead atoms. The Balaban J connectivity index is 1.84. The molecule has 0 radical (unpaired) electrons. The van der Waals surface area contributed by atoms with Gasteiger partial charge in [0.25, 0.3) is 11.8 Å². The van der Waals surface area contributed by atoms with Crippen LogP contribution in [0.2, 0.25) is 0 Å². The molecule has 1 aliphatic rings. The van der Waals surface area contributed by atoms with Crippen molar-refractivity contribution >= 4 is 23.2 Å². The Hall–Kier alpha value is -2.83. The summed E-state index contributed by atoms with van der Waals surface area (Å²) in [5, 5.41) is 2.92. The molecule has 1 aromatic carbocycles. The summed E-state index contributed by atoms with van der Waals surface area (Å²) in [6.45, 7) is 3.52. The minimum absolute atomic E-state index is 0.0986. The van der Waals surface area contributed by atoms with Crippen molar-refractivity contribution in [2.75, 3.05) is 37.9 Å². The zero-order valence-electron chi connectivity index (χ0n) is 17.9. The number of fused-ring (bicyclic) bond motifs is 1. The monoisotopic (exact) mass is 397 g/mol. The van der Waals surface area contributed by atoms with Crippen molar-refractivity contribution in [2.24, 2.45) is 0 Å². The third-order valence-electron chi connectivity index (χ3n) is 5.36. The first kappa shape index (κ1) is 20.9. The maximum atomic E-state index is 13.0. The highest BCUT2D eigenvalue weighted by Gasteiger charge is 2.28. The van der Waals surface area contributed by atoms with E-state index in [-0.39, 0.29) is 11.8 Å². The van der Waals surface area contributed by atoms with E-state index in [1.165, 1.54) is 0 Å². The number of anilines is 2. The molecule has 1 aromatic heterocycles. The van der Waals surface area contributed by atoms with Gasteiger partial charge in [-0.2, -0.15) is 0 Å². The topological polar surface area (TPSA) is 70.5 Å². The second kappa shape index (κ2) is 9.11. The zero-order chi connectivity index (χ0) is 21.0. The van der Waals surface area contributed by atoms with E-state index in [4.69, 9.17) is 0 Å². The van der Waals surface area contributed by atoms with E-state index in [2.05, 4.69) is 17.2 Å². The van der Waals surface area contributed by atoms with Crippen molar-refractivity contribution in [1.29, 1.82) is 0 Å². The van der Waals surface area contributed by atoms with Crippen LogP contribution in [-0.2, 0) is 13.0 Å². The molecular weight excluding hydrogens is 366 g/mol. The Kier molecular flexibility index (Phi) is 6.56. The van der Waals surface area contributed by atoms with Gasteiger partial charge < -0.3 is 19.7 Å². The van der Waals surface area contributed by atoms with E-state index < -0.39 is 0 Å². The number of rotatable bonds is 7. The molecular formula is C22H31N5O2. The lowest BCUT2D eigenvalue weighted by Gasteiger charge is -2.19. The molecule has 7 nitrogen and oxygen atoms in total. The minimum Gasteiger partial charge on any atom is -0.378 e. The Morgan fingerprint density at radius 3 is 2.52 bits per heavy atom. The van der Waals surface area contributed by atoms with Gasteiger partial charge in [0.2, 0.25) is 0 Å². The molecule has 0 saturated carbocycles. The fourth-order valence-corrected chi connectivity index (χ4v) is 3.60. The molecule has 1 aliphatic heterocycles. The Labute approximate surface area is 172 Å². The lowest BCUT2D eigenvalue weighted by atomic mass is 10.1. The van der Waals surface area contributed by atoms with Gasteiger partial charge in [-0.3, -0.25) is 9.59 Å². The van der Waals surface area contributed by atoms with Gasteiger partial charge in [0.05, 0.1) is 5.69 Å². The largest absolute Gasteiger partial charge is 0.378 e. The first-order valence-corrected chi connectivity index (χ1v) is 10.4. The number of carbonyl (C=O) groups is 2. The molecule has 29 heavy (non-hydrogen) atoms. The molecule has 2 amide bonds. The summed E-state index contributed by atoms with van der Waals surface area (Å²) in [7, 11) is 5.75. The molecule has 0 fully saturated rings. The summed E-state index contributed by atoms with van der Waals surface area (Å²) >= 11 is 0. The normalized spacial score (nSPS) is 13.0. The van der Waals surface area contributed by atoms with E-state index in [0.717, 1.165) is 50.0 Å². The molecule has 156 valence electrons. The SMILES string of the molecule is CCCCN(C)C(=O)c1nc(C(=O)Nc2ccc(N(C)C)cc2)n2c1CCCC2. The van der Waals surface area contributed by atoms with Crippen LogP contribution in [0.1, 0.15) is 59.4 Å². The number of hydrogen-bond donors (Lipinski definition) is 1. The van der Waals surface area contributed by atoms with E-state index >= 15 is 0 Å². The second-order valence-electron chi connectivity index (χ2n) is 7.82. The van der Waals surface area contributed by atoms with Gasteiger partial charge in [0.1, 0.15) is 5.69 Å². The van der Waals surface area contributed by atoms with Crippen LogP contribution in [0.3, 0.4) is 0 Å². The smallest absolute Gasteiger partial charge is 0.291 e. The average Bonchev–Trinajstić information content (AvgIpc) is 3.11. The lowest BCUT2D eigenvalue weighted by Crippen LogP contribution is -2.29. The predicted molar refractivity (Wildman–Crippen MR) is 116 cm³/mol. The standard InChI is InChI=1S/C22H31N5O2/c1-5-6-14-26(4)22(29)19-18-9-7-8-15-27(18)20(24-19)21(28)23-16-10-12-17(13-11-16)25(2)3/h10-13H,5-9,14-15H2,1-4H3,(H,23,28). The maximum Gasteiger partial charge on any atom is 0.291 e. The summed E-state index contributed by atoms with van der Waals surface area (Å²) < 4.78 is 1.92. The Morgan fingerprint density at radius 2 is 1.86 bits per heavy atom. The van der Waals surface area contributed by atoms with Crippen molar-refractivity contribution in [2.45, 2.75) is 45.6 Å². The van der Waals surface area contributed by atoms with Crippen LogP contribution in [0.15, 0.2) is 24.3 Å². The first-order chi connectivity index (χ1) is 13.9. The molecule has 7 heteroatoms. The molecule has 0 saturated heterocycles. The van der Waals surface area contributed by atoms with Gasteiger partial charge >= 0.3 is 0 Å². The molecule has 1 N–H and O–H groups in total. The first-order valence-electron chi connectivity index (χ1n) is 10.4. The van der Waals surface area contributed by atoms with Crippen LogP contribution in [0.5, 0.6) is 0 Å². The summed E-state index contributed by atoms with van der Waals surface area (Å²) in [5.74, 6) is -0.0527. The quantitative estimate of drug-likeness (QED) is 0.777. The number of unbranched alkanes of at least 4 members (excludes halogenated alkanes) is 1. The fourth-order valence-electron chi connectivity index (χ4n) is 3.60. The van der Waals surface area contributed by atoms with E-state index in [9.17, 15) is 9.59 Å². The Bertz CT molecular complexity index is 870. The van der Waals surface area contributed by atoms with E-state index in [1.807, 2.05) is 47.8 Å². The molecule has 3 rings (SSSR count). The molecule has 2 heterocycles. The van der Waals surface area contributed by atoms with Gasteiger partial charge in [-0.05, 0) is 49.9 Å². The van der Waals surface area contributed by atoms with Crippen molar-refractivity contribution in [3.63, 3.8) is 0 Å². The van der Waals surface area contributed by atoms with E-state index in [0.29, 0.717) is 23.8 Å². The number of nitrogens with zero attached hydrogens (tertiary/aromatic N) is 4. The molecule has 2 aromatic rings. The summed E-state index contributed by atoms with van der Waals surface area (Å²) in [6, 6.07) is 7.65. The minimum atomic E-state index is -0.277. The highest BCUT2D eigenvalue weighted by molar-refractivity contribution is 6.03. The lowest BCUT2D eigenvalue weighted by molar-refractivity contribution is 0.0786. The number of hydrogen-bond acceptors (Lipinski definition) is 4. The van der Waals surface area contributed by atoms with Crippen molar-refractivity contribution < 1.29 is 9.59 Å². The van der Waals surface area contributed by atoms with Crippen LogP contribution >= 0.6 is 0 Å². The van der Waals surface area contributed by atoms with Gasteiger partial charge in [-0.25, -0.2) is 4.98 Å². The summed E-state index contributed by atoms with van der Waals surface area (Å²) in [6.07, 6.45) is 4.76. The predicted octanol–water partition coefficient (Wildman–Crippen LogP) is 3.41. The number of imidazole rings is 1. The number of aromatic nitrogens is 2. The second-order valence-corrected chi connectivity index (χ2v) is 7.82. The molecule has 0 spiro atoms. The van der Waals surface area contributed by atoms with Gasteiger partial charge in [-0.1, -0.05) is 13.3 Å². The van der Waals surface area contributed by atoms with Crippen molar-refractivity contribution in [3.05, 3.63) is 41.5 Å².